The number of hydrogen-bond acceptors (Lipinski definition) is 8. The van der Waals surface area contributed by atoms with Crippen molar-refractivity contribution in [1.82, 2.24) is 4.90 Å². The SMILES string of the molecule is CCCCCOC(=O)C(N)CC(=O)O.OCCN(CCO)CCO. The molecule has 24 heavy (non-hydrogen) atoms. The number of rotatable bonds is 13. The minimum absolute atomic E-state index is 0.0694. The van der Waals surface area contributed by atoms with Crippen molar-refractivity contribution in [3.8, 4) is 0 Å². The van der Waals surface area contributed by atoms with E-state index in [1.54, 1.807) is 4.90 Å². The van der Waals surface area contributed by atoms with E-state index in [0.29, 0.717) is 26.2 Å². The van der Waals surface area contributed by atoms with Gasteiger partial charge in [0.1, 0.15) is 6.04 Å². The van der Waals surface area contributed by atoms with Crippen LogP contribution in [0.1, 0.15) is 32.6 Å². The molecular formula is C15H32N2O7. The van der Waals surface area contributed by atoms with E-state index in [-0.39, 0.29) is 26.2 Å². The Bertz CT molecular complexity index is 302. The van der Waals surface area contributed by atoms with Crippen LogP contribution in [0.25, 0.3) is 0 Å². The lowest BCUT2D eigenvalue weighted by Crippen LogP contribution is -2.34. The van der Waals surface area contributed by atoms with E-state index in [1.807, 2.05) is 6.92 Å². The summed E-state index contributed by atoms with van der Waals surface area (Å²) < 4.78 is 4.78. The topological polar surface area (TPSA) is 154 Å². The number of esters is 1. The molecule has 144 valence electrons. The number of carbonyl (C=O) groups excluding carboxylic acids is 1. The smallest absolute Gasteiger partial charge is 0.323 e. The lowest BCUT2D eigenvalue weighted by Gasteiger charge is -2.17. The van der Waals surface area contributed by atoms with Crippen molar-refractivity contribution in [1.29, 1.82) is 0 Å². The summed E-state index contributed by atoms with van der Waals surface area (Å²) in [5, 5.41) is 33.8. The van der Waals surface area contributed by atoms with Crippen molar-refractivity contribution in [2.24, 2.45) is 5.73 Å². The Morgan fingerprint density at radius 3 is 1.92 bits per heavy atom. The van der Waals surface area contributed by atoms with Crippen LogP contribution in [0.3, 0.4) is 0 Å². The van der Waals surface area contributed by atoms with Crippen LogP contribution in [0.15, 0.2) is 0 Å². The molecule has 0 spiro atoms. The van der Waals surface area contributed by atoms with Crippen molar-refractivity contribution in [3.05, 3.63) is 0 Å². The summed E-state index contributed by atoms with van der Waals surface area (Å²) in [5.41, 5.74) is 5.28. The van der Waals surface area contributed by atoms with Crippen LogP contribution < -0.4 is 5.73 Å². The van der Waals surface area contributed by atoms with E-state index in [1.165, 1.54) is 0 Å². The quantitative estimate of drug-likeness (QED) is 0.203. The second-order valence-corrected chi connectivity index (χ2v) is 5.09. The molecule has 0 heterocycles. The molecule has 0 aliphatic carbocycles. The van der Waals surface area contributed by atoms with E-state index in [9.17, 15) is 9.59 Å². The summed E-state index contributed by atoms with van der Waals surface area (Å²) in [6.45, 7) is 4.11. The highest BCUT2D eigenvalue weighted by molar-refractivity contribution is 5.81. The van der Waals surface area contributed by atoms with Crippen LogP contribution in [0.2, 0.25) is 0 Å². The summed E-state index contributed by atoms with van der Waals surface area (Å²) in [5.74, 6) is -1.73. The van der Waals surface area contributed by atoms with Gasteiger partial charge in [-0.15, -0.1) is 0 Å². The van der Waals surface area contributed by atoms with E-state index < -0.39 is 18.0 Å². The Balaban J connectivity index is 0. The number of aliphatic hydroxyl groups is 3. The van der Waals surface area contributed by atoms with Gasteiger partial charge in [-0.2, -0.15) is 0 Å². The summed E-state index contributed by atoms with van der Waals surface area (Å²) in [6, 6.07) is -1.05. The third-order valence-corrected chi connectivity index (χ3v) is 2.94. The number of unbranched alkanes of at least 4 members (excludes halogenated alkanes) is 2. The molecule has 0 aromatic rings. The Morgan fingerprint density at radius 2 is 1.54 bits per heavy atom. The van der Waals surface area contributed by atoms with Gasteiger partial charge < -0.3 is 30.9 Å². The van der Waals surface area contributed by atoms with Gasteiger partial charge in [0.25, 0.3) is 0 Å². The molecule has 0 aliphatic heterocycles. The zero-order valence-corrected chi connectivity index (χ0v) is 14.4. The average molecular weight is 352 g/mol. The number of carboxylic acids is 1. The van der Waals surface area contributed by atoms with Crippen LogP contribution >= 0.6 is 0 Å². The third-order valence-electron chi connectivity index (χ3n) is 2.94. The molecule has 9 nitrogen and oxygen atoms in total. The highest BCUT2D eigenvalue weighted by Gasteiger charge is 2.17. The van der Waals surface area contributed by atoms with Crippen molar-refractivity contribution in [2.75, 3.05) is 46.1 Å². The van der Waals surface area contributed by atoms with Gasteiger partial charge in [0.2, 0.25) is 0 Å². The number of carbonyl (C=O) groups is 2. The fourth-order valence-corrected chi connectivity index (χ4v) is 1.66. The highest BCUT2D eigenvalue weighted by atomic mass is 16.5. The molecule has 0 fully saturated rings. The minimum atomic E-state index is -1.09. The van der Waals surface area contributed by atoms with E-state index >= 15 is 0 Å². The number of carboxylic acid groups (broad SMARTS) is 1. The second kappa shape index (κ2) is 18.1. The van der Waals surface area contributed by atoms with Gasteiger partial charge >= 0.3 is 11.9 Å². The summed E-state index contributed by atoms with van der Waals surface area (Å²) in [7, 11) is 0. The zero-order valence-electron chi connectivity index (χ0n) is 14.4. The number of ether oxygens (including phenoxy) is 1. The van der Waals surface area contributed by atoms with Crippen LogP contribution in [0.4, 0.5) is 0 Å². The summed E-state index contributed by atoms with van der Waals surface area (Å²) in [4.78, 5) is 23.0. The first-order valence-corrected chi connectivity index (χ1v) is 8.11. The predicted molar refractivity (Wildman–Crippen MR) is 88.4 cm³/mol. The lowest BCUT2D eigenvalue weighted by atomic mass is 10.2. The number of aliphatic carboxylic acids is 1. The Kier molecular flexibility index (Phi) is 18.8. The summed E-state index contributed by atoms with van der Waals surface area (Å²) in [6.07, 6.45) is 2.44. The van der Waals surface area contributed by atoms with Crippen LogP contribution in [0, 0.1) is 0 Å². The molecule has 1 atom stereocenters. The van der Waals surface area contributed by atoms with Crippen LogP contribution in [0.5, 0.6) is 0 Å². The van der Waals surface area contributed by atoms with Gasteiger partial charge in [-0.25, -0.2) is 0 Å². The molecule has 0 saturated carbocycles. The molecule has 6 N–H and O–H groups in total. The maximum atomic E-state index is 11.0. The molecule has 0 bridgehead atoms. The standard InChI is InChI=1S/C9H17NO4.C6H15NO3/c1-2-3-4-5-14-9(13)7(10)6-8(11)12;8-4-1-7(2-5-9)3-6-10/h7H,2-6,10H2,1H3,(H,11,12);8-10H,1-6H2. The zero-order chi connectivity index (χ0) is 18.8. The van der Waals surface area contributed by atoms with E-state index in [2.05, 4.69) is 0 Å². The highest BCUT2D eigenvalue weighted by Crippen LogP contribution is 1.97. The fraction of sp³-hybridized carbons (Fsp3) is 0.867. The molecule has 9 heteroatoms. The number of hydrogen-bond donors (Lipinski definition) is 5. The molecule has 0 rings (SSSR count). The number of nitrogens with zero attached hydrogens (tertiary/aromatic N) is 1. The van der Waals surface area contributed by atoms with Crippen molar-refractivity contribution in [3.63, 3.8) is 0 Å². The number of nitrogens with two attached hydrogens (primary N) is 1. The molecule has 0 radical (unpaired) electrons. The van der Waals surface area contributed by atoms with Gasteiger partial charge in [0.05, 0.1) is 32.8 Å². The first-order chi connectivity index (χ1) is 11.4. The third kappa shape index (κ3) is 17.1. The summed E-state index contributed by atoms with van der Waals surface area (Å²) >= 11 is 0. The molecule has 0 amide bonds. The molecular weight excluding hydrogens is 320 g/mol. The van der Waals surface area contributed by atoms with Crippen molar-refractivity contribution >= 4 is 11.9 Å². The van der Waals surface area contributed by atoms with Gasteiger partial charge in [0.15, 0.2) is 0 Å². The van der Waals surface area contributed by atoms with Crippen LogP contribution in [-0.2, 0) is 14.3 Å². The minimum Gasteiger partial charge on any atom is -0.481 e. The predicted octanol–water partition coefficient (Wildman–Crippen LogP) is -1.21. The molecule has 0 aromatic heterocycles. The molecule has 0 aliphatic rings. The maximum Gasteiger partial charge on any atom is 0.323 e. The van der Waals surface area contributed by atoms with Crippen molar-refractivity contribution < 1.29 is 34.8 Å². The van der Waals surface area contributed by atoms with Crippen molar-refractivity contribution in [2.45, 2.75) is 38.6 Å². The van der Waals surface area contributed by atoms with Gasteiger partial charge in [-0.05, 0) is 6.42 Å². The fourth-order valence-electron chi connectivity index (χ4n) is 1.66. The Morgan fingerprint density at radius 1 is 1.04 bits per heavy atom. The Labute approximate surface area is 143 Å². The first-order valence-electron chi connectivity index (χ1n) is 8.11. The first kappa shape index (κ1) is 25.0. The van der Waals surface area contributed by atoms with Crippen LogP contribution in [-0.4, -0.2) is 89.4 Å². The van der Waals surface area contributed by atoms with Gasteiger partial charge in [-0.1, -0.05) is 19.8 Å². The average Bonchev–Trinajstić information content (AvgIpc) is 2.52. The molecule has 1 unspecified atom stereocenters. The van der Waals surface area contributed by atoms with E-state index in [4.69, 9.17) is 30.9 Å². The second-order valence-electron chi connectivity index (χ2n) is 5.09. The Hall–Kier alpha value is -1.26. The molecule has 0 saturated heterocycles. The largest absolute Gasteiger partial charge is 0.481 e. The normalized spacial score (nSPS) is 11.6. The lowest BCUT2D eigenvalue weighted by molar-refractivity contribution is -0.149. The number of aliphatic hydroxyl groups excluding tert-OH is 3. The van der Waals surface area contributed by atoms with Gasteiger partial charge in [-0.3, -0.25) is 14.5 Å². The van der Waals surface area contributed by atoms with E-state index in [0.717, 1.165) is 19.3 Å². The van der Waals surface area contributed by atoms with Gasteiger partial charge in [0, 0.05) is 19.6 Å². The maximum absolute atomic E-state index is 11.0. The monoisotopic (exact) mass is 352 g/mol. The molecule has 0 aromatic carbocycles.